The number of carbonyl (C=O) groups excluding carboxylic acids is 1. The number of thiophene rings is 1. The summed E-state index contributed by atoms with van der Waals surface area (Å²) in [6, 6.07) is 2.14. The summed E-state index contributed by atoms with van der Waals surface area (Å²) >= 11 is 1.80. The van der Waals surface area contributed by atoms with Crippen molar-refractivity contribution in [1.29, 1.82) is 0 Å². The Kier molecular flexibility index (Phi) is 5.25. The average molecular weight is 293 g/mol. The minimum Gasteiger partial charge on any atom is -0.355 e. The van der Waals surface area contributed by atoms with E-state index >= 15 is 0 Å². The molecule has 112 valence electrons. The van der Waals surface area contributed by atoms with Gasteiger partial charge < -0.3 is 5.32 Å². The van der Waals surface area contributed by atoms with Crippen LogP contribution >= 0.6 is 11.3 Å². The predicted octanol–water partition coefficient (Wildman–Crippen LogP) is 4.21. The minimum absolute atomic E-state index is 0.0879. The third-order valence-electron chi connectivity index (χ3n) is 4.59. The molecule has 1 N–H and O–H groups in total. The van der Waals surface area contributed by atoms with Crippen LogP contribution in [-0.2, 0) is 11.2 Å². The van der Waals surface area contributed by atoms with Gasteiger partial charge in [0.25, 0.3) is 0 Å². The van der Waals surface area contributed by atoms with Crippen LogP contribution in [0, 0.1) is 17.8 Å². The van der Waals surface area contributed by atoms with Crippen LogP contribution in [0.15, 0.2) is 11.4 Å². The summed E-state index contributed by atoms with van der Waals surface area (Å²) in [6.45, 7) is 9.79. The molecule has 2 rings (SSSR count). The monoisotopic (exact) mass is 293 g/mol. The van der Waals surface area contributed by atoms with Gasteiger partial charge in [-0.1, -0.05) is 27.7 Å². The molecule has 20 heavy (non-hydrogen) atoms. The topological polar surface area (TPSA) is 29.1 Å². The summed E-state index contributed by atoms with van der Waals surface area (Å²) in [6.07, 6.45) is 3.30. The molecule has 1 aliphatic rings. The second-order valence-corrected chi connectivity index (χ2v) is 7.64. The standard InChI is InChI=1S/C17H27NOS/c1-11(2)15(12(3)4)10-18-17(19)14-6-5-7-16-13(14)8-9-20-16/h8-9,11-12,14-15H,5-7,10H2,1-4H3,(H,18,19). The normalized spacial score (nSPS) is 18.6. The Morgan fingerprint density at radius 1 is 1.35 bits per heavy atom. The van der Waals surface area contributed by atoms with Crippen molar-refractivity contribution in [3.05, 3.63) is 21.9 Å². The first-order chi connectivity index (χ1) is 9.50. The number of nitrogens with one attached hydrogen (secondary N) is 1. The quantitative estimate of drug-likeness (QED) is 0.865. The van der Waals surface area contributed by atoms with E-state index in [0.29, 0.717) is 17.8 Å². The van der Waals surface area contributed by atoms with Gasteiger partial charge >= 0.3 is 0 Å². The van der Waals surface area contributed by atoms with E-state index in [-0.39, 0.29) is 11.8 Å². The molecule has 1 unspecified atom stereocenters. The molecule has 0 radical (unpaired) electrons. The minimum atomic E-state index is 0.0879. The maximum absolute atomic E-state index is 12.5. The molecule has 0 saturated carbocycles. The fourth-order valence-electron chi connectivity index (χ4n) is 3.34. The van der Waals surface area contributed by atoms with E-state index in [9.17, 15) is 4.79 Å². The fraction of sp³-hybridized carbons (Fsp3) is 0.706. The molecule has 3 heteroatoms. The van der Waals surface area contributed by atoms with Crippen LogP contribution in [0.5, 0.6) is 0 Å². The van der Waals surface area contributed by atoms with Crippen LogP contribution in [0.1, 0.15) is 56.9 Å². The molecular formula is C17H27NOS. The maximum Gasteiger partial charge on any atom is 0.227 e. The number of hydrogen-bond acceptors (Lipinski definition) is 2. The molecule has 1 heterocycles. The zero-order chi connectivity index (χ0) is 14.7. The SMILES string of the molecule is CC(C)C(CNC(=O)C1CCCc2sccc21)C(C)C. The molecule has 0 spiro atoms. The second kappa shape index (κ2) is 6.75. The van der Waals surface area contributed by atoms with E-state index in [2.05, 4.69) is 44.5 Å². The molecule has 0 fully saturated rings. The third kappa shape index (κ3) is 3.43. The first-order valence-corrected chi connectivity index (χ1v) is 8.72. The zero-order valence-corrected chi connectivity index (χ0v) is 13.9. The Balaban J connectivity index is 1.97. The molecule has 0 aliphatic heterocycles. The van der Waals surface area contributed by atoms with Crippen molar-refractivity contribution in [3.63, 3.8) is 0 Å². The average Bonchev–Trinajstić information content (AvgIpc) is 2.85. The highest BCUT2D eigenvalue weighted by molar-refractivity contribution is 7.10. The van der Waals surface area contributed by atoms with Gasteiger partial charge in [-0.25, -0.2) is 0 Å². The van der Waals surface area contributed by atoms with Gasteiger partial charge in [-0.05, 0) is 54.0 Å². The summed E-state index contributed by atoms with van der Waals surface area (Å²) in [5.74, 6) is 2.10. The van der Waals surface area contributed by atoms with Crippen molar-refractivity contribution in [1.82, 2.24) is 5.32 Å². The molecule has 2 nitrogen and oxygen atoms in total. The summed E-state index contributed by atoms with van der Waals surface area (Å²) in [7, 11) is 0. The van der Waals surface area contributed by atoms with Gasteiger partial charge in [-0.15, -0.1) is 11.3 Å². The second-order valence-electron chi connectivity index (χ2n) is 6.64. The highest BCUT2D eigenvalue weighted by atomic mass is 32.1. The molecule has 0 aromatic carbocycles. The molecule has 1 aromatic heterocycles. The van der Waals surface area contributed by atoms with Gasteiger partial charge in [0.15, 0.2) is 0 Å². The molecular weight excluding hydrogens is 266 g/mol. The number of carbonyl (C=O) groups is 1. The number of aryl methyl sites for hydroxylation is 1. The van der Waals surface area contributed by atoms with Crippen molar-refractivity contribution in [2.24, 2.45) is 17.8 Å². The lowest BCUT2D eigenvalue weighted by molar-refractivity contribution is -0.123. The van der Waals surface area contributed by atoms with E-state index in [1.165, 1.54) is 10.4 Å². The number of hydrogen-bond donors (Lipinski definition) is 1. The van der Waals surface area contributed by atoms with Crippen LogP contribution in [0.2, 0.25) is 0 Å². The lowest BCUT2D eigenvalue weighted by atomic mass is 9.84. The van der Waals surface area contributed by atoms with Crippen molar-refractivity contribution in [2.45, 2.75) is 52.9 Å². The Morgan fingerprint density at radius 3 is 2.70 bits per heavy atom. The summed E-state index contributed by atoms with van der Waals surface area (Å²) in [5, 5.41) is 5.34. The van der Waals surface area contributed by atoms with Crippen LogP contribution in [0.25, 0.3) is 0 Å². The third-order valence-corrected chi connectivity index (χ3v) is 5.59. The smallest absolute Gasteiger partial charge is 0.227 e. The first-order valence-electron chi connectivity index (χ1n) is 7.84. The van der Waals surface area contributed by atoms with Gasteiger partial charge in [0.2, 0.25) is 5.91 Å². The largest absolute Gasteiger partial charge is 0.355 e. The predicted molar refractivity (Wildman–Crippen MR) is 86.2 cm³/mol. The van der Waals surface area contributed by atoms with Gasteiger partial charge in [-0.3, -0.25) is 4.79 Å². The number of rotatable bonds is 5. The molecule has 1 atom stereocenters. The maximum atomic E-state index is 12.5. The molecule has 1 aliphatic carbocycles. The zero-order valence-electron chi connectivity index (χ0n) is 13.1. The van der Waals surface area contributed by atoms with Crippen molar-refractivity contribution < 1.29 is 4.79 Å². The molecule has 1 amide bonds. The van der Waals surface area contributed by atoms with E-state index in [0.717, 1.165) is 25.8 Å². The molecule has 1 aromatic rings. The van der Waals surface area contributed by atoms with Gasteiger partial charge in [-0.2, -0.15) is 0 Å². The first kappa shape index (κ1) is 15.6. The van der Waals surface area contributed by atoms with E-state index in [1.807, 2.05) is 0 Å². The van der Waals surface area contributed by atoms with Crippen LogP contribution in [-0.4, -0.2) is 12.5 Å². The van der Waals surface area contributed by atoms with Crippen LogP contribution in [0.3, 0.4) is 0 Å². The van der Waals surface area contributed by atoms with E-state index in [4.69, 9.17) is 0 Å². The Bertz CT molecular complexity index is 442. The van der Waals surface area contributed by atoms with Crippen molar-refractivity contribution in [3.8, 4) is 0 Å². The Labute approximate surface area is 127 Å². The lowest BCUT2D eigenvalue weighted by Gasteiger charge is -2.27. The van der Waals surface area contributed by atoms with Crippen LogP contribution < -0.4 is 5.32 Å². The Morgan fingerprint density at radius 2 is 2.05 bits per heavy atom. The summed E-state index contributed by atoms with van der Waals surface area (Å²) in [4.78, 5) is 13.9. The van der Waals surface area contributed by atoms with Gasteiger partial charge in [0.1, 0.15) is 0 Å². The highest BCUT2D eigenvalue weighted by Gasteiger charge is 2.28. The molecule has 0 saturated heterocycles. The number of fused-ring (bicyclic) bond motifs is 1. The van der Waals surface area contributed by atoms with Crippen molar-refractivity contribution in [2.75, 3.05) is 6.54 Å². The fourth-order valence-corrected chi connectivity index (χ4v) is 4.33. The van der Waals surface area contributed by atoms with Crippen LogP contribution in [0.4, 0.5) is 0 Å². The molecule has 0 bridgehead atoms. The summed E-state index contributed by atoms with van der Waals surface area (Å²) in [5.41, 5.74) is 1.28. The Hall–Kier alpha value is -0.830. The lowest BCUT2D eigenvalue weighted by Crippen LogP contribution is -2.37. The van der Waals surface area contributed by atoms with E-state index < -0.39 is 0 Å². The van der Waals surface area contributed by atoms with Gasteiger partial charge in [0.05, 0.1) is 5.92 Å². The number of amides is 1. The van der Waals surface area contributed by atoms with E-state index in [1.54, 1.807) is 11.3 Å². The van der Waals surface area contributed by atoms with Crippen molar-refractivity contribution >= 4 is 17.2 Å². The summed E-state index contributed by atoms with van der Waals surface area (Å²) < 4.78 is 0. The van der Waals surface area contributed by atoms with Gasteiger partial charge in [0, 0.05) is 11.4 Å². The highest BCUT2D eigenvalue weighted by Crippen LogP contribution is 2.35.